The number of nitrogens with zero attached hydrogens (tertiary/aromatic N) is 5. The van der Waals surface area contributed by atoms with Crippen LogP contribution in [0.5, 0.6) is 5.75 Å². The molecule has 2 aromatic heterocycles. The second-order valence-corrected chi connectivity index (χ2v) is 8.45. The third-order valence-corrected chi connectivity index (χ3v) is 5.92. The fourth-order valence-corrected chi connectivity index (χ4v) is 4.06. The second-order valence-electron chi connectivity index (χ2n) is 7.51. The quantitative estimate of drug-likeness (QED) is 0.624. The number of nitrogens with one attached hydrogen (secondary N) is 1. The van der Waals surface area contributed by atoms with Crippen molar-refractivity contribution in [2.75, 3.05) is 26.2 Å². The number of aromatic nitrogens is 4. The number of carbonyl (C=O) groups is 1. The van der Waals surface area contributed by atoms with Gasteiger partial charge in [-0.05, 0) is 26.0 Å². The maximum atomic E-state index is 12.7. The summed E-state index contributed by atoms with van der Waals surface area (Å²) in [5.74, 6) is 2.58. The Kier molecular flexibility index (Phi) is 6.39. The summed E-state index contributed by atoms with van der Waals surface area (Å²) >= 11 is 1.53. The van der Waals surface area contributed by atoms with Crippen LogP contribution in [0, 0.1) is 13.8 Å². The first-order valence-corrected chi connectivity index (χ1v) is 10.9. The molecular formula is C21H26N6O2S. The Hall–Kier alpha value is -2.78. The van der Waals surface area contributed by atoms with Crippen molar-refractivity contribution in [2.24, 2.45) is 0 Å². The Bertz CT molecular complexity index is 976. The van der Waals surface area contributed by atoms with Gasteiger partial charge in [0.05, 0.1) is 18.7 Å². The van der Waals surface area contributed by atoms with Crippen molar-refractivity contribution in [3.05, 3.63) is 57.6 Å². The van der Waals surface area contributed by atoms with E-state index in [1.165, 1.54) is 16.9 Å². The summed E-state index contributed by atoms with van der Waals surface area (Å²) in [4.78, 5) is 25.8. The van der Waals surface area contributed by atoms with Crippen LogP contribution in [0.25, 0.3) is 0 Å². The Morgan fingerprint density at radius 2 is 1.90 bits per heavy atom. The second kappa shape index (κ2) is 9.36. The summed E-state index contributed by atoms with van der Waals surface area (Å²) in [5.41, 5.74) is 2.01. The first kappa shape index (κ1) is 20.5. The van der Waals surface area contributed by atoms with Crippen molar-refractivity contribution >= 4 is 17.2 Å². The Morgan fingerprint density at radius 3 is 2.60 bits per heavy atom. The third kappa shape index (κ3) is 5.43. The van der Waals surface area contributed by atoms with E-state index in [4.69, 9.17) is 4.74 Å². The molecule has 1 saturated heterocycles. The van der Waals surface area contributed by atoms with Crippen molar-refractivity contribution in [3.63, 3.8) is 0 Å². The number of hydrogen-bond acceptors (Lipinski definition) is 7. The fraction of sp³-hybridized carbons (Fsp3) is 0.429. The third-order valence-electron chi connectivity index (χ3n) is 5.05. The van der Waals surface area contributed by atoms with Gasteiger partial charge in [-0.15, -0.1) is 11.3 Å². The molecule has 0 spiro atoms. The average Bonchev–Trinajstić information content (AvgIpc) is 3.36. The summed E-state index contributed by atoms with van der Waals surface area (Å²) in [6.07, 6.45) is 0.334. The van der Waals surface area contributed by atoms with Crippen molar-refractivity contribution in [3.8, 4) is 5.75 Å². The summed E-state index contributed by atoms with van der Waals surface area (Å²) in [5, 5.41) is 9.88. The van der Waals surface area contributed by atoms with Gasteiger partial charge in [0.2, 0.25) is 5.91 Å². The molecule has 0 saturated carbocycles. The largest absolute Gasteiger partial charge is 0.486 e. The van der Waals surface area contributed by atoms with Crippen molar-refractivity contribution < 1.29 is 9.53 Å². The van der Waals surface area contributed by atoms with E-state index in [0.29, 0.717) is 19.6 Å². The minimum absolute atomic E-state index is 0.125. The Labute approximate surface area is 179 Å². The number of hydrogen-bond donors (Lipinski definition) is 1. The molecule has 0 unspecified atom stereocenters. The van der Waals surface area contributed by atoms with Gasteiger partial charge < -0.3 is 9.64 Å². The molecule has 1 amide bonds. The van der Waals surface area contributed by atoms with Crippen LogP contribution in [0.4, 0.5) is 0 Å². The molecule has 8 nitrogen and oxygen atoms in total. The molecule has 1 N–H and O–H groups in total. The zero-order chi connectivity index (χ0) is 20.9. The molecule has 0 radical (unpaired) electrons. The number of aryl methyl sites for hydroxylation is 2. The fourth-order valence-electron chi connectivity index (χ4n) is 3.36. The van der Waals surface area contributed by atoms with E-state index < -0.39 is 0 Å². The number of amides is 1. The molecule has 4 rings (SSSR count). The highest BCUT2D eigenvalue weighted by Crippen LogP contribution is 2.17. The SMILES string of the molecule is Cc1ccc(OCc2nc(CC(=O)N3CCN(Cc4n[nH]c(C)n4)CC3)cs2)cc1. The van der Waals surface area contributed by atoms with Crippen LogP contribution in [0.1, 0.15) is 27.9 Å². The number of carbonyl (C=O) groups excluding carboxylic acids is 1. The molecule has 158 valence electrons. The predicted molar refractivity (Wildman–Crippen MR) is 114 cm³/mol. The molecule has 1 fully saturated rings. The van der Waals surface area contributed by atoms with Gasteiger partial charge in [0, 0.05) is 31.6 Å². The standard InChI is InChI=1S/C21H26N6O2S/c1-15-3-5-18(6-4-15)29-13-20-23-17(14-30-20)11-21(28)27-9-7-26(8-10-27)12-19-22-16(2)24-25-19/h3-6,14H,7-13H2,1-2H3,(H,22,24,25). The normalized spacial score (nSPS) is 14.8. The van der Waals surface area contributed by atoms with E-state index in [-0.39, 0.29) is 5.91 Å². The highest BCUT2D eigenvalue weighted by molar-refractivity contribution is 7.09. The van der Waals surface area contributed by atoms with Crippen LogP contribution in [-0.2, 0) is 24.4 Å². The smallest absolute Gasteiger partial charge is 0.228 e. The van der Waals surface area contributed by atoms with Crippen LogP contribution in [0.15, 0.2) is 29.6 Å². The van der Waals surface area contributed by atoms with Gasteiger partial charge in [0.15, 0.2) is 5.82 Å². The Morgan fingerprint density at radius 1 is 1.13 bits per heavy atom. The average molecular weight is 427 g/mol. The minimum atomic E-state index is 0.125. The van der Waals surface area contributed by atoms with Gasteiger partial charge in [0.25, 0.3) is 0 Å². The molecular weight excluding hydrogens is 400 g/mol. The molecule has 9 heteroatoms. The number of rotatable bonds is 7. The summed E-state index contributed by atoms with van der Waals surface area (Å²) in [6.45, 7) is 8.16. The van der Waals surface area contributed by atoms with Gasteiger partial charge in [-0.3, -0.25) is 14.8 Å². The number of ether oxygens (including phenoxy) is 1. The maximum absolute atomic E-state index is 12.7. The predicted octanol–water partition coefficient (Wildman–Crippen LogP) is 2.34. The lowest BCUT2D eigenvalue weighted by atomic mass is 10.2. The number of aromatic amines is 1. The van der Waals surface area contributed by atoms with Crippen molar-refractivity contribution in [1.82, 2.24) is 30.0 Å². The van der Waals surface area contributed by atoms with Crippen LogP contribution in [0.2, 0.25) is 0 Å². The van der Waals surface area contributed by atoms with Gasteiger partial charge in [0.1, 0.15) is 23.2 Å². The molecule has 0 aliphatic carbocycles. The van der Waals surface area contributed by atoms with E-state index in [0.717, 1.165) is 54.3 Å². The van der Waals surface area contributed by atoms with Gasteiger partial charge in [-0.25, -0.2) is 9.97 Å². The molecule has 3 heterocycles. The van der Waals surface area contributed by atoms with E-state index in [1.807, 2.05) is 48.4 Å². The van der Waals surface area contributed by atoms with Crippen molar-refractivity contribution in [2.45, 2.75) is 33.4 Å². The van der Waals surface area contributed by atoms with E-state index in [9.17, 15) is 4.79 Å². The molecule has 0 atom stereocenters. The summed E-state index contributed by atoms with van der Waals surface area (Å²) < 4.78 is 5.78. The number of H-pyrrole nitrogens is 1. The van der Waals surface area contributed by atoms with Gasteiger partial charge in [-0.2, -0.15) is 5.10 Å². The lowest BCUT2D eigenvalue weighted by molar-refractivity contribution is -0.132. The Balaban J connectivity index is 1.22. The van der Waals surface area contributed by atoms with E-state index >= 15 is 0 Å². The van der Waals surface area contributed by atoms with Crippen LogP contribution >= 0.6 is 11.3 Å². The number of piperazine rings is 1. The number of thiazole rings is 1. The first-order chi connectivity index (χ1) is 14.5. The van der Waals surface area contributed by atoms with Crippen LogP contribution in [-0.4, -0.2) is 62.1 Å². The number of benzene rings is 1. The summed E-state index contributed by atoms with van der Waals surface area (Å²) in [6, 6.07) is 7.95. The van der Waals surface area contributed by atoms with Crippen LogP contribution in [0.3, 0.4) is 0 Å². The molecule has 1 aliphatic heterocycles. The first-order valence-electron chi connectivity index (χ1n) is 10.1. The van der Waals surface area contributed by atoms with Crippen LogP contribution < -0.4 is 4.74 Å². The zero-order valence-corrected chi connectivity index (χ0v) is 18.1. The minimum Gasteiger partial charge on any atom is -0.486 e. The monoisotopic (exact) mass is 426 g/mol. The molecule has 0 bridgehead atoms. The van der Waals surface area contributed by atoms with Gasteiger partial charge >= 0.3 is 0 Å². The zero-order valence-electron chi connectivity index (χ0n) is 17.3. The van der Waals surface area contributed by atoms with Gasteiger partial charge in [-0.1, -0.05) is 17.7 Å². The van der Waals surface area contributed by atoms with E-state index in [2.05, 4.69) is 25.1 Å². The lowest BCUT2D eigenvalue weighted by Crippen LogP contribution is -2.48. The lowest BCUT2D eigenvalue weighted by Gasteiger charge is -2.34. The topological polar surface area (TPSA) is 87.2 Å². The maximum Gasteiger partial charge on any atom is 0.228 e. The highest BCUT2D eigenvalue weighted by Gasteiger charge is 2.22. The molecule has 3 aromatic rings. The molecule has 30 heavy (non-hydrogen) atoms. The molecule has 1 aliphatic rings. The van der Waals surface area contributed by atoms with E-state index in [1.54, 1.807) is 0 Å². The molecule has 1 aromatic carbocycles. The highest BCUT2D eigenvalue weighted by atomic mass is 32.1. The summed E-state index contributed by atoms with van der Waals surface area (Å²) in [7, 11) is 0. The van der Waals surface area contributed by atoms with Crippen molar-refractivity contribution in [1.29, 1.82) is 0 Å².